The monoisotopic (exact) mass is 189 g/mol. The van der Waals surface area contributed by atoms with Gasteiger partial charge >= 0.3 is 0 Å². The van der Waals surface area contributed by atoms with Crippen molar-refractivity contribution in [1.82, 2.24) is 0 Å². The highest BCUT2D eigenvalue weighted by atomic mass is 16.5. The Morgan fingerprint density at radius 1 is 1.29 bits per heavy atom. The SMILES string of the molecule is C#CCCOCCc1ccccc1N. The quantitative estimate of drug-likeness (QED) is 0.436. The third-order valence-electron chi connectivity index (χ3n) is 1.96. The van der Waals surface area contributed by atoms with E-state index in [0.29, 0.717) is 19.6 Å². The summed E-state index contributed by atoms with van der Waals surface area (Å²) >= 11 is 0. The van der Waals surface area contributed by atoms with Gasteiger partial charge in [0.2, 0.25) is 0 Å². The first-order chi connectivity index (χ1) is 6.84. The van der Waals surface area contributed by atoms with Crippen LogP contribution in [0.4, 0.5) is 5.69 Å². The van der Waals surface area contributed by atoms with Crippen LogP contribution in [0.25, 0.3) is 0 Å². The number of benzene rings is 1. The van der Waals surface area contributed by atoms with Crippen molar-refractivity contribution in [2.24, 2.45) is 0 Å². The van der Waals surface area contributed by atoms with Crippen LogP contribution in [0.2, 0.25) is 0 Å². The van der Waals surface area contributed by atoms with Gasteiger partial charge in [-0.25, -0.2) is 0 Å². The number of hydrogen-bond acceptors (Lipinski definition) is 2. The maximum absolute atomic E-state index is 5.77. The van der Waals surface area contributed by atoms with Crippen molar-refractivity contribution in [3.63, 3.8) is 0 Å². The average molecular weight is 189 g/mol. The van der Waals surface area contributed by atoms with Gasteiger partial charge in [-0.15, -0.1) is 12.3 Å². The van der Waals surface area contributed by atoms with Crippen LogP contribution in [0.3, 0.4) is 0 Å². The van der Waals surface area contributed by atoms with Gasteiger partial charge in [0.15, 0.2) is 0 Å². The maximum atomic E-state index is 5.77. The first-order valence-electron chi connectivity index (χ1n) is 4.69. The predicted molar refractivity (Wildman–Crippen MR) is 58.8 cm³/mol. The van der Waals surface area contributed by atoms with E-state index in [2.05, 4.69) is 5.92 Å². The summed E-state index contributed by atoms with van der Waals surface area (Å²) in [5, 5.41) is 0. The molecule has 0 radical (unpaired) electrons. The van der Waals surface area contributed by atoms with Crippen LogP contribution in [0, 0.1) is 12.3 Å². The second-order valence-corrected chi connectivity index (χ2v) is 3.02. The fourth-order valence-corrected chi connectivity index (χ4v) is 1.18. The van der Waals surface area contributed by atoms with Gasteiger partial charge in [-0.3, -0.25) is 0 Å². The van der Waals surface area contributed by atoms with Crippen molar-refractivity contribution in [3.8, 4) is 12.3 Å². The molecule has 2 heteroatoms. The molecule has 2 nitrogen and oxygen atoms in total. The average Bonchev–Trinajstić information content (AvgIpc) is 2.20. The van der Waals surface area contributed by atoms with E-state index in [-0.39, 0.29) is 0 Å². The molecule has 2 N–H and O–H groups in total. The lowest BCUT2D eigenvalue weighted by Crippen LogP contribution is -2.02. The summed E-state index contributed by atoms with van der Waals surface area (Å²) < 4.78 is 5.33. The minimum atomic E-state index is 0.628. The minimum absolute atomic E-state index is 0.628. The molecule has 0 aliphatic rings. The first-order valence-corrected chi connectivity index (χ1v) is 4.69. The molecular formula is C12H15NO. The summed E-state index contributed by atoms with van der Waals surface area (Å²) in [6.07, 6.45) is 6.61. The first kappa shape index (κ1) is 10.6. The molecule has 1 aromatic carbocycles. The number of nitrogen functional groups attached to an aromatic ring is 1. The Morgan fingerprint density at radius 3 is 2.79 bits per heavy atom. The van der Waals surface area contributed by atoms with Crippen LogP contribution in [0.5, 0.6) is 0 Å². The lowest BCUT2D eigenvalue weighted by atomic mass is 10.1. The topological polar surface area (TPSA) is 35.2 Å². The molecule has 0 aromatic heterocycles. The van der Waals surface area contributed by atoms with Crippen molar-refractivity contribution in [2.75, 3.05) is 18.9 Å². The van der Waals surface area contributed by atoms with E-state index in [1.807, 2.05) is 24.3 Å². The zero-order valence-corrected chi connectivity index (χ0v) is 8.20. The van der Waals surface area contributed by atoms with Gasteiger partial charge in [0.25, 0.3) is 0 Å². The lowest BCUT2D eigenvalue weighted by molar-refractivity contribution is 0.143. The van der Waals surface area contributed by atoms with Crippen molar-refractivity contribution < 1.29 is 4.74 Å². The fourth-order valence-electron chi connectivity index (χ4n) is 1.18. The number of rotatable bonds is 5. The summed E-state index contributed by atoms with van der Waals surface area (Å²) in [5.74, 6) is 2.53. The normalized spacial score (nSPS) is 9.64. The number of hydrogen-bond donors (Lipinski definition) is 1. The van der Waals surface area contributed by atoms with E-state index >= 15 is 0 Å². The molecule has 74 valence electrons. The minimum Gasteiger partial charge on any atom is -0.399 e. The van der Waals surface area contributed by atoms with Gasteiger partial charge in [-0.1, -0.05) is 18.2 Å². The Bertz CT molecular complexity index is 314. The summed E-state index contributed by atoms with van der Waals surface area (Å²) in [6, 6.07) is 7.82. The molecule has 1 rings (SSSR count). The van der Waals surface area contributed by atoms with Gasteiger partial charge < -0.3 is 10.5 Å². The smallest absolute Gasteiger partial charge is 0.0575 e. The molecule has 0 fully saturated rings. The number of para-hydroxylation sites is 1. The van der Waals surface area contributed by atoms with E-state index in [9.17, 15) is 0 Å². The number of ether oxygens (including phenoxy) is 1. The van der Waals surface area contributed by atoms with E-state index in [0.717, 1.165) is 17.7 Å². The highest BCUT2D eigenvalue weighted by Crippen LogP contribution is 2.10. The molecule has 0 unspecified atom stereocenters. The highest BCUT2D eigenvalue weighted by molar-refractivity contribution is 5.46. The number of terminal acetylenes is 1. The molecule has 0 aliphatic heterocycles. The van der Waals surface area contributed by atoms with Crippen LogP contribution in [0.15, 0.2) is 24.3 Å². The van der Waals surface area contributed by atoms with Gasteiger partial charge in [0.05, 0.1) is 13.2 Å². The molecule has 14 heavy (non-hydrogen) atoms. The van der Waals surface area contributed by atoms with Crippen LogP contribution >= 0.6 is 0 Å². The zero-order valence-electron chi connectivity index (χ0n) is 8.20. The molecule has 0 saturated carbocycles. The highest BCUT2D eigenvalue weighted by Gasteiger charge is 1.96. The Morgan fingerprint density at radius 2 is 2.07 bits per heavy atom. The molecule has 0 spiro atoms. The number of anilines is 1. The molecule has 0 atom stereocenters. The van der Waals surface area contributed by atoms with Gasteiger partial charge in [-0.2, -0.15) is 0 Å². The maximum Gasteiger partial charge on any atom is 0.0575 e. The summed E-state index contributed by atoms with van der Waals surface area (Å²) in [6.45, 7) is 1.30. The Labute approximate surface area is 85.1 Å². The Hall–Kier alpha value is -1.46. The van der Waals surface area contributed by atoms with Crippen molar-refractivity contribution in [2.45, 2.75) is 12.8 Å². The Balaban J connectivity index is 2.25. The predicted octanol–water partition coefficient (Wildman–Crippen LogP) is 1.85. The van der Waals surface area contributed by atoms with E-state index in [1.54, 1.807) is 0 Å². The second-order valence-electron chi connectivity index (χ2n) is 3.02. The molecule has 0 bridgehead atoms. The summed E-state index contributed by atoms with van der Waals surface area (Å²) in [4.78, 5) is 0. The molecular weight excluding hydrogens is 174 g/mol. The van der Waals surface area contributed by atoms with Crippen LogP contribution in [0.1, 0.15) is 12.0 Å². The summed E-state index contributed by atoms with van der Waals surface area (Å²) in [5.41, 5.74) is 7.73. The summed E-state index contributed by atoms with van der Waals surface area (Å²) in [7, 11) is 0. The van der Waals surface area contributed by atoms with E-state index in [4.69, 9.17) is 16.9 Å². The molecule has 0 saturated heterocycles. The van der Waals surface area contributed by atoms with Crippen molar-refractivity contribution in [3.05, 3.63) is 29.8 Å². The molecule has 1 aromatic rings. The third kappa shape index (κ3) is 3.51. The van der Waals surface area contributed by atoms with E-state index < -0.39 is 0 Å². The van der Waals surface area contributed by atoms with Crippen LogP contribution in [-0.4, -0.2) is 13.2 Å². The van der Waals surface area contributed by atoms with Gasteiger partial charge in [0, 0.05) is 12.1 Å². The second kappa shape index (κ2) is 6.06. The standard InChI is InChI=1S/C12H15NO/c1-2-3-9-14-10-8-11-6-4-5-7-12(11)13/h1,4-7H,3,8-10,13H2. The molecule has 0 heterocycles. The van der Waals surface area contributed by atoms with Gasteiger partial charge in [0.1, 0.15) is 0 Å². The fraction of sp³-hybridized carbons (Fsp3) is 0.333. The lowest BCUT2D eigenvalue weighted by Gasteiger charge is -2.05. The van der Waals surface area contributed by atoms with Gasteiger partial charge in [-0.05, 0) is 18.1 Å². The van der Waals surface area contributed by atoms with Crippen molar-refractivity contribution in [1.29, 1.82) is 0 Å². The van der Waals surface area contributed by atoms with Crippen molar-refractivity contribution >= 4 is 5.69 Å². The zero-order chi connectivity index (χ0) is 10.2. The van der Waals surface area contributed by atoms with Crippen LogP contribution < -0.4 is 5.73 Å². The largest absolute Gasteiger partial charge is 0.399 e. The Kier molecular flexibility index (Phi) is 4.60. The molecule has 0 aliphatic carbocycles. The number of nitrogens with two attached hydrogens (primary N) is 1. The van der Waals surface area contributed by atoms with Crippen LogP contribution in [-0.2, 0) is 11.2 Å². The molecule has 0 amide bonds. The van der Waals surface area contributed by atoms with E-state index in [1.165, 1.54) is 0 Å². The third-order valence-corrected chi connectivity index (χ3v) is 1.96.